The quantitative estimate of drug-likeness (QED) is 0.411. The second kappa shape index (κ2) is 8.30. The lowest BCUT2D eigenvalue weighted by Gasteiger charge is -2.64. The summed E-state index contributed by atoms with van der Waals surface area (Å²) in [6.07, 6.45) is 1.33. The van der Waals surface area contributed by atoms with Gasteiger partial charge in [-0.25, -0.2) is 0 Å². The summed E-state index contributed by atoms with van der Waals surface area (Å²) in [5, 5.41) is 43.9. The predicted octanol–water partition coefficient (Wildman–Crippen LogP) is 3.15. The van der Waals surface area contributed by atoms with E-state index in [9.17, 15) is 34.8 Å². The average molecular weight is 519 g/mol. The first kappa shape index (κ1) is 28.6. The molecule has 9 atom stereocenters. The molecule has 4 rings (SSSR count). The van der Waals surface area contributed by atoms with Crippen molar-refractivity contribution in [2.75, 3.05) is 0 Å². The van der Waals surface area contributed by atoms with Crippen molar-refractivity contribution in [1.82, 2.24) is 0 Å². The maximum absolute atomic E-state index is 14.2. The lowest BCUT2D eigenvalue weighted by Crippen LogP contribution is -2.65. The summed E-state index contributed by atoms with van der Waals surface area (Å²) in [6, 6.07) is 0. The Morgan fingerprint density at radius 3 is 2.19 bits per heavy atom. The van der Waals surface area contributed by atoms with E-state index in [1.165, 1.54) is 6.92 Å². The van der Waals surface area contributed by atoms with Gasteiger partial charge in [0, 0.05) is 29.6 Å². The second-order valence-electron chi connectivity index (χ2n) is 14.6. The minimum absolute atomic E-state index is 0.00395. The number of ketones is 3. The number of carbonyl (C=O) groups excluding carboxylic acids is 3. The molecule has 7 heteroatoms. The first-order chi connectivity index (χ1) is 16.7. The summed E-state index contributed by atoms with van der Waals surface area (Å²) in [7, 11) is 0. The number of rotatable bonds is 5. The van der Waals surface area contributed by atoms with E-state index in [0.717, 1.165) is 5.57 Å². The molecule has 208 valence electrons. The van der Waals surface area contributed by atoms with Crippen molar-refractivity contribution in [3.05, 3.63) is 11.6 Å². The van der Waals surface area contributed by atoms with Crippen LogP contribution in [0, 0.1) is 39.4 Å². The minimum atomic E-state index is -1.86. The third kappa shape index (κ3) is 3.78. The molecule has 0 saturated heterocycles. The molecule has 4 aliphatic rings. The molecule has 3 fully saturated rings. The van der Waals surface area contributed by atoms with Crippen LogP contribution in [0.4, 0.5) is 0 Å². The summed E-state index contributed by atoms with van der Waals surface area (Å²) in [5.74, 6) is -1.96. The highest BCUT2D eigenvalue weighted by Crippen LogP contribution is 2.74. The number of Topliss-reactive ketones (excluding diaryl/α,β-unsaturated/α-hetero) is 3. The van der Waals surface area contributed by atoms with Gasteiger partial charge in [0.15, 0.2) is 11.6 Å². The summed E-state index contributed by atoms with van der Waals surface area (Å²) in [5.41, 5.74) is -5.10. The Hall–Kier alpha value is -1.41. The molecule has 0 aromatic heterocycles. The van der Waals surface area contributed by atoms with Crippen LogP contribution in [0.25, 0.3) is 0 Å². The third-order valence-corrected chi connectivity index (χ3v) is 11.5. The molecule has 0 aromatic carbocycles. The van der Waals surface area contributed by atoms with Crippen LogP contribution in [0.3, 0.4) is 0 Å². The predicted molar refractivity (Wildman–Crippen MR) is 138 cm³/mol. The van der Waals surface area contributed by atoms with Gasteiger partial charge in [0.05, 0.1) is 11.7 Å². The molecule has 0 unspecified atom stereocenters. The van der Waals surface area contributed by atoms with Gasteiger partial charge in [-0.15, -0.1) is 0 Å². The number of aliphatic hydroxyl groups is 4. The van der Waals surface area contributed by atoms with Crippen molar-refractivity contribution < 1.29 is 34.8 Å². The van der Waals surface area contributed by atoms with Gasteiger partial charge in [0.25, 0.3) is 0 Å². The van der Waals surface area contributed by atoms with Crippen LogP contribution in [0.2, 0.25) is 0 Å². The molecule has 0 bridgehead atoms. The Morgan fingerprint density at radius 1 is 1.03 bits per heavy atom. The summed E-state index contributed by atoms with van der Waals surface area (Å²) in [4.78, 5) is 40.4. The van der Waals surface area contributed by atoms with Crippen molar-refractivity contribution in [3.63, 3.8) is 0 Å². The molecular formula is C30H46O7. The highest BCUT2D eigenvalue weighted by atomic mass is 16.3. The number of hydrogen-bond acceptors (Lipinski definition) is 7. The highest BCUT2D eigenvalue weighted by Gasteiger charge is 2.74. The van der Waals surface area contributed by atoms with Crippen molar-refractivity contribution in [2.45, 2.75) is 117 Å². The van der Waals surface area contributed by atoms with Gasteiger partial charge in [-0.1, -0.05) is 32.4 Å². The van der Waals surface area contributed by atoms with E-state index in [2.05, 4.69) is 13.0 Å². The molecular weight excluding hydrogens is 472 g/mol. The highest BCUT2D eigenvalue weighted by molar-refractivity contribution is 5.95. The molecule has 7 nitrogen and oxygen atoms in total. The molecule has 4 N–H and O–H groups in total. The second-order valence-corrected chi connectivity index (χ2v) is 14.6. The Kier molecular flexibility index (Phi) is 6.41. The van der Waals surface area contributed by atoms with Crippen LogP contribution < -0.4 is 0 Å². The molecule has 0 amide bonds. The van der Waals surface area contributed by atoms with E-state index in [0.29, 0.717) is 12.8 Å². The zero-order valence-electron chi connectivity index (χ0n) is 23.7. The fourth-order valence-electron chi connectivity index (χ4n) is 9.24. The van der Waals surface area contributed by atoms with Crippen LogP contribution in [0.5, 0.6) is 0 Å². The fraction of sp³-hybridized carbons (Fsp3) is 0.833. The van der Waals surface area contributed by atoms with Crippen LogP contribution >= 0.6 is 0 Å². The molecule has 0 spiro atoms. The summed E-state index contributed by atoms with van der Waals surface area (Å²) in [6.45, 7) is 14.3. The van der Waals surface area contributed by atoms with Crippen LogP contribution in [-0.2, 0) is 14.4 Å². The number of allylic oxidation sites excluding steroid dienone is 2. The topological polar surface area (TPSA) is 132 Å². The first-order valence-corrected chi connectivity index (χ1v) is 13.8. The Bertz CT molecular complexity index is 1050. The number of fused-ring (bicyclic) bond motifs is 5. The van der Waals surface area contributed by atoms with Crippen LogP contribution in [0.15, 0.2) is 11.6 Å². The summed E-state index contributed by atoms with van der Waals surface area (Å²) < 4.78 is 0. The molecule has 0 radical (unpaired) electrons. The minimum Gasteiger partial charge on any atom is -0.393 e. The van der Waals surface area contributed by atoms with E-state index < -0.39 is 56.8 Å². The molecule has 3 saturated carbocycles. The van der Waals surface area contributed by atoms with Gasteiger partial charge in [0.2, 0.25) is 0 Å². The third-order valence-electron chi connectivity index (χ3n) is 11.5. The van der Waals surface area contributed by atoms with Gasteiger partial charge >= 0.3 is 0 Å². The standard InChI is InChI=1S/C30H46O7/c1-25(2,36)12-11-21(33)30(8,37)23-19(32)14-27(5)20-10-9-16-17(13-18(31)24(35)26(16,3)4)29(20,7)22(34)15-28(23,27)6/h9,17-20,23,31-32,36-37H,10-15H2,1-8H3/t17-,18+,19-,20-,23-,27+,28-,29+,30+/m1/s1. The van der Waals surface area contributed by atoms with Crippen LogP contribution in [-0.4, -0.2) is 61.2 Å². The number of carbonyl (C=O) groups is 3. The largest absolute Gasteiger partial charge is 0.393 e. The molecule has 4 aliphatic carbocycles. The zero-order valence-corrected chi connectivity index (χ0v) is 23.7. The van der Waals surface area contributed by atoms with Crippen molar-refractivity contribution in [3.8, 4) is 0 Å². The van der Waals surface area contributed by atoms with Gasteiger partial charge < -0.3 is 20.4 Å². The van der Waals surface area contributed by atoms with E-state index in [1.54, 1.807) is 13.8 Å². The first-order valence-electron chi connectivity index (χ1n) is 13.8. The maximum Gasteiger partial charge on any atom is 0.170 e. The van der Waals surface area contributed by atoms with Crippen molar-refractivity contribution in [2.24, 2.45) is 39.4 Å². The van der Waals surface area contributed by atoms with Crippen molar-refractivity contribution in [1.29, 1.82) is 0 Å². The zero-order chi connectivity index (χ0) is 28.1. The van der Waals surface area contributed by atoms with E-state index in [1.807, 2.05) is 27.7 Å². The van der Waals surface area contributed by atoms with Gasteiger partial charge in [0.1, 0.15) is 17.5 Å². The molecule has 0 heterocycles. The molecule has 37 heavy (non-hydrogen) atoms. The lowest BCUT2D eigenvalue weighted by atomic mass is 9.38. The number of hydrogen-bond donors (Lipinski definition) is 4. The maximum atomic E-state index is 14.2. The van der Waals surface area contributed by atoms with E-state index in [-0.39, 0.29) is 49.1 Å². The monoisotopic (exact) mass is 518 g/mol. The Balaban J connectivity index is 1.77. The van der Waals surface area contributed by atoms with Crippen LogP contribution in [0.1, 0.15) is 93.9 Å². The van der Waals surface area contributed by atoms with Gasteiger partial charge in [-0.2, -0.15) is 0 Å². The number of aliphatic hydroxyl groups excluding tert-OH is 2. The van der Waals surface area contributed by atoms with Crippen molar-refractivity contribution >= 4 is 17.3 Å². The van der Waals surface area contributed by atoms with E-state index >= 15 is 0 Å². The normalized spacial score (nSPS) is 44.9. The lowest BCUT2D eigenvalue weighted by molar-refractivity contribution is -0.185. The smallest absolute Gasteiger partial charge is 0.170 e. The summed E-state index contributed by atoms with van der Waals surface area (Å²) >= 11 is 0. The molecule has 0 aliphatic heterocycles. The molecule has 0 aromatic rings. The van der Waals surface area contributed by atoms with Gasteiger partial charge in [-0.3, -0.25) is 14.4 Å². The Morgan fingerprint density at radius 2 is 1.62 bits per heavy atom. The fourth-order valence-corrected chi connectivity index (χ4v) is 9.24. The Labute approximate surface area is 220 Å². The van der Waals surface area contributed by atoms with Gasteiger partial charge in [-0.05, 0) is 83.0 Å². The average Bonchev–Trinajstić information content (AvgIpc) is 2.96. The SMILES string of the molecule is CC(C)(O)CCC(=O)[C@](C)(O)[C@@H]1[C@H](O)C[C@@]2(C)[C@H]3CC=C4[C@@H](C[C@H](O)C(=O)C4(C)C)[C@]3(C)C(=O)C[C@]12C. The van der Waals surface area contributed by atoms with E-state index in [4.69, 9.17) is 0 Å².